The number of rotatable bonds is 3. The summed E-state index contributed by atoms with van der Waals surface area (Å²) in [6, 6.07) is 1.93. The van der Waals surface area contributed by atoms with Gasteiger partial charge in [0.2, 0.25) is 5.91 Å². The van der Waals surface area contributed by atoms with Crippen molar-refractivity contribution in [2.45, 2.75) is 24.9 Å². The maximum atomic E-state index is 11.4. The zero-order valence-electron chi connectivity index (χ0n) is 7.64. The Balaban J connectivity index is 1.85. The van der Waals surface area contributed by atoms with Gasteiger partial charge in [0.15, 0.2) is 0 Å². The Hall–Kier alpha value is -0.810. The van der Waals surface area contributed by atoms with Crippen LogP contribution in [0.1, 0.15) is 18.5 Å². The van der Waals surface area contributed by atoms with Crippen molar-refractivity contribution in [2.75, 3.05) is 0 Å². The van der Waals surface area contributed by atoms with Crippen LogP contribution in [0.15, 0.2) is 16.7 Å². The number of carbonyl (C=O) groups is 1. The van der Waals surface area contributed by atoms with Crippen LogP contribution < -0.4 is 11.1 Å². The van der Waals surface area contributed by atoms with Gasteiger partial charge < -0.3 is 16.0 Å². The molecule has 5 heteroatoms. The van der Waals surface area contributed by atoms with Gasteiger partial charge in [0.1, 0.15) is 0 Å². The van der Waals surface area contributed by atoms with Crippen LogP contribution in [0.5, 0.6) is 0 Å². The van der Waals surface area contributed by atoms with Crippen molar-refractivity contribution in [1.82, 2.24) is 10.3 Å². The van der Waals surface area contributed by atoms with E-state index in [1.165, 1.54) is 0 Å². The molecule has 1 aromatic heterocycles. The monoisotopic (exact) mass is 257 g/mol. The maximum absolute atomic E-state index is 11.4. The van der Waals surface area contributed by atoms with Crippen LogP contribution in [-0.2, 0) is 11.3 Å². The van der Waals surface area contributed by atoms with Gasteiger partial charge in [-0.05, 0) is 34.8 Å². The van der Waals surface area contributed by atoms with Gasteiger partial charge >= 0.3 is 0 Å². The summed E-state index contributed by atoms with van der Waals surface area (Å²) in [5.74, 6) is -0.0526. The van der Waals surface area contributed by atoms with Gasteiger partial charge in [0.05, 0.1) is 12.1 Å². The summed E-state index contributed by atoms with van der Waals surface area (Å²) >= 11 is 3.32. The topological polar surface area (TPSA) is 70.9 Å². The third kappa shape index (κ3) is 1.99. The second-order valence-corrected chi connectivity index (χ2v) is 4.60. The van der Waals surface area contributed by atoms with E-state index in [2.05, 4.69) is 26.2 Å². The number of halogens is 1. The predicted molar refractivity (Wildman–Crippen MR) is 56.5 cm³/mol. The Bertz CT molecular complexity index is 357. The van der Waals surface area contributed by atoms with Crippen LogP contribution in [0.2, 0.25) is 0 Å². The van der Waals surface area contributed by atoms with Crippen molar-refractivity contribution in [2.24, 2.45) is 5.73 Å². The molecule has 1 aromatic rings. The first-order valence-electron chi connectivity index (χ1n) is 4.50. The number of nitrogens with two attached hydrogens (primary N) is 1. The molecular weight excluding hydrogens is 246 g/mol. The molecule has 14 heavy (non-hydrogen) atoms. The second kappa shape index (κ2) is 3.40. The summed E-state index contributed by atoms with van der Waals surface area (Å²) < 4.78 is 0.982. The number of hydrogen-bond donors (Lipinski definition) is 3. The lowest BCUT2D eigenvalue weighted by Gasteiger charge is -2.08. The van der Waals surface area contributed by atoms with Gasteiger partial charge in [0.25, 0.3) is 0 Å². The van der Waals surface area contributed by atoms with Crippen LogP contribution in [0.4, 0.5) is 0 Å². The van der Waals surface area contributed by atoms with Gasteiger partial charge in [-0.1, -0.05) is 0 Å². The van der Waals surface area contributed by atoms with Crippen molar-refractivity contribution in [3.63, 3.8) is 0 Å². The van der Waals surface area contributed by atoms with E-state index in [1.807, 2.05) is 12.3 Å². The fourth-order valence-electron chi connectivity index (χ4n) is 1.23. The summed E-state index contributed by atoms with van der Waals surface area (Å²) in [6.07, 6.45) is 3.43. The molecule has 0 radical (unpaired) electrons. The number of hydrogen-bond acceptors (Lipinski definition) is 2. The minimum absolute atomic E-state index is 0.0526. The molecule has 0 unspecified atom stereocenters. The molecule has 0 spiro atoms. The molecule has 0 atom stereocenters. The number of nitrogens with one attached hydrogen (secondary N) is 2. The average molecular weight is 258 g/mol. The molecule has 0 aromatic carbocycles. The molecule has 1 heterocycles. The Morgan fingerprint density at radius 2 is 2.43 bits per heavy atom. The molecule has 4 N–H and O–H groups in total. The highest BCUT2D eigenvalue weighted by molar-refractivity contribution is 9.10. The van der Waals surface area contributed by atoms with E-state index >= 15 is 0 Å². The molecule has 1 aliphatic carbocycles. The first kappa shape index (κ1) is 9.73. The van der Waals surface area contributed by atoms with Gasteiger partial charge in [-0.3, -0.25) is 4.79 Å². The zero-order valence-corrected chi connectivity index (χ0v) is 9.23. The number of amides is 1. The summed E-state index contributed by atoms with van der Waals surface area (Å²) in [5, 5.41) is 2.80. The van der Waals surface area contributed by atoms with Crippen molar-refractivity contribution >= 4 is 21.8 Å². The summed E-state index contributed by atoms with van der Waals surface area (Å²) in [7, 11) is 0. The first-order chi connectivity index (χ1) is 6.60. The van der Waals surface area contributed by atoms with Gasteiger partial charge in [-0.2, -0.15) is 0 Å². The van der Waals surface area contributed by atoms with E-state index in [4.69, 9.17) is 5.73 Å². The molecule has 1 saturated carbocycles. The third-order valence-corrected chi connectivity index (χ3v) is 2.85. The Morgan fingerprint density at radius 1 is 1.71 bits per heavy atom. The van der Waals surface area contributed by atoms with Crippen molar-refractivity contribution in [3.8, 4) is 0 Å². The van der Waals surface area contributed by atoms with Gasteiger partial charge in [-0.15, -0.1) is 0 Å². The molecule has 2 rings (SSSR count). The lowest BCUT2D eigenvalue weighted by Crippen LogP contribution is -2.42. The molecule has 1 aliphatic rings. The molecule has 1 amide bonds. The highest BCUT2D eigenvalue weighted by Gasteiger charge is 2.45. The van der Waals surface area contributed by atoms with Crippen molar-refractivity contribution in [1.29, 1.82) is 0 Å². The van der Waals surface area contributed by atoms with Crippen LogP contribution in [0.3, 0.4) is 0 Å². The van der Waals surface area contributed by atoms with Crippen molar-refractivity contribution in [3.05, 3.63) is 22.4 Å². The third-order valence-electron chi connectivity index (χ3n) is 2.39. The summed E-state index contributed by atoms with van der Waals surface area (Å²) in [5.41, 5.74) is 6.12. The molecule has 0 saturated heterocycles. The van der Waals surface area contributed by atoms with E-state index in [1.54, 1.807) is 0 Å². The Labute approximate surface area is 90.4 Å². The van der Waals surface area contributed by atoms with Crippen LogP contribution in [0.25, 0.3) is 0 Å². The number of carbonyl (C=O) groups excluding carboxylic acids is 1. The minimum Gasteiger partial charge on any atom is -0.362 e. The number of H-pyrrole nitrogens is 1. The Morgan fingerprint density at radius 3 is 2.93 bits per heavy atom. The van der Waals surface area contributed by atoms with Gasteiger partial charge in [-0.25, -0.2) is 0 Å². The number of aromatic nitrogens is 1. The summed E-state index contributed by atoms with van der Waals surface area (Å²) in [4.78, 5) is 14.5. The normalized spacial score (nSPS) is 17.9. The van der Waals surface area contributed by atoms with E-state index in [0.29, 0.717) is 6.54 Å². The predicted octanol–water partition coefficient (Wildman–Crippen LogP) is 0.885. The highest BCUT2D eigenvalue weighted by Crippen LogP contribution is 2.32. The molecule has 0 aliphatic heterocycles. The SMILES string of the molecule is NC1(C(=O)NCc2cc(Br)c[nH]2)CC1. The smallest absolute Gasteiger partial charge is 0.240 e. The van der Waals surface area contributed by atoms with E-state index in [9.17, 15) is 4.79 Å². The summed E-state index contributed by atoms with van der Waals surface area (Å²) in [6.45, 7) is 0.503. The lowest BCUT2D eigenvalue weighted by molar-refractivity contribution is -0.123. The van der Waals surface area contributed by atoms with Crippen molar-refractivity contribution < 1.29 is 4.79 Å². The quantitative estimate of drug-likeness (QED) is 0.753. The molecule has 76 valence electrons. The first-order valence-corrected chi connectivity index (χ1v) is 5.29. The van der Waals surface area contributed by atoms with Crippen LogP contribution in [-0.4, -0.2) is 16.4 Å². The molecule has 1 fully saturated rings. The average Bonchev–Trinajstić information content (AvgIpc) is 2.76. The number of aromatic amines is 1. The van der Waals surface area contributed by atoms with E-state index in [-0.39, 0.29) is 5.91 Å². The van der Waals surface area contributed by atoms with E-state index < -0.39 is 5.54 Å². The fraction of sp³-hybridized carbons (Fsp3) is 0.444. The molecular formula is C9H12BrN3O. The largest absolute Gasteiger partial charge is 0.362 e. The van der Waals surface area contributed by atoms with E-state index in [0.717, 1.165) is 23.0 Å². The standard InChI is InChI=1S/C9H12BrN3O/c10-6-3-7(12-4-6)5-13-8(14)9(11)1-2-9/h3-4,12H,1-2,5,11H2,(H,13,14). The Kier molecular flexibility index (Phi) is 2.36. The zero-order chi connectivity index (χ0) is 10.2. The molecule has 4 nitrogen and oxygen atoms in total. The second-order valence-electron chi connectivity index (χ2n) is 3.68. The fourth-order valence-corrected chi connectivity index (χ4v) is 1.62. The van der Waals surface area contributed by atoms with Gasteiger partial charge in [0, 0.05) is 16.4 Å². The minimum atomic E-state index is -0.580. The van der Waals surface area contributed by atoms with Crippen LogP contribution in [0, 0.1) is 0 Å². The lowest BCUT2D eigenvalue weighted by atomic mass is 10.2. The highest BCUT2D eigenvalue weighted by atomic mass is 79.9. The molecule has 0 bridgehead atoms. The van der Waals surface area contributed by atoms with Crippen LogP contribution >= 0.6 is 15.9 Å². The maximum Gasteiger partial charge on any atom is 0.240 e.